The van der Waals surface area contributed by atoms with E-state index < -0.39 is 27.5 Å². The first-order valence-corrected chi connectivity index (χ1v) is 13.6. The number of sulfonamides is 1. The van der Waals surface area contributed by atoms with Gasteiger partial charge in [0.2, 0.25) is 16.0 Å². The number of aromatic nitrogens is 2. The van der Waals surface area contributed by atoms with E-state index in [2.05, 4.69) is 15.1 Å². The van der Waals surface area contributed by atoms with Crippen LogP contribution < -0.4 is 4.90 Å². The van der Waals surface area contributed by atoms with E-state index in [1.165, 1.54) is 6.07 Å². The Balaban J connectivity index is 1.52. The van der Waals surface area contributed by atoms with Gasteiger partial charge in [0, 0.05) is 55.0 Å². The Labute approximate surface area is 216 Å². The molecular weight excluding hydrogens is 505 g/mol. The fraction of sp³-hybridized carbons (Fsp3) is 0.500. The fourth-order valence-electron chi connectivity index (χ4n) is 3.57. The molecular formula is C24H32FN5O6S. The highest BCUT2D eigenvalue weighted by Gasteiger charge is 2.28. The molecule has 202 valence electrons. The monoisotopic (exact) mass is 537 g/mol. The number of anilines is 1. The Hall–Kier alpha value is -3.32. The summed E-state index contributed by atoms with van der Waals surface area (Å²) in [5.41, 5.74) is 1.00. The first-order chi connectivity index (χ1) is 17.4. The molecule has 11 nitrogen and oxygen atoms in total. The van der Waals surface area contributed by atoms with Crippen LogP contribution in [0.3, 0.4) is 0 Å². The van der Waals surface area contributed by atoms with Crippen molar-refractivity contribution in [3.8, 4) is 11.1 Å². The minimum absolute atomic E-state index is 0.113. The SMILES string of the molecule is CC(C)(C)OC(=O)N(CCON=C1CCN(c2ncc(-c3cccc(CO)c3F)cn2)CC1)S(C)(=O)=O. The van der Waals surface area contributed by atoms with Crippen LogP contribution in [0.5, 0.6) is 0 Å². The standard InChI is InChI=1S/C24H32FN5O6S/c1-24(2,3)36-23(32)30(37(4,33)34)12-13-35-28-19-8-10-29(11-9-19)22-26-14-18(15-27-22)20-7-5-6-17(16-31)21(20)25/h5-7,14-15,31H,8-13,16H2,1-4H3. The molecule has 0 bridgehead atoms. The van der Waals surface area contributed by atoms with E-state index in [1.54, 1.807) is 45.3 Å². The molecule has 1 amide bonds. The number of hydrogen-bond acceptors (Lipinski definition) is 10. The lowest BCUT2D eigenvalue weighted by Crippen LogP contribution is -2.42. The zero-order chi connectivity index (χ0) is 27.2. The number of nitrogens with zero attached hydrogens (tertiary/aromatic N) is 5. The Kier molecular flexibility index (Phi) is 9.02. The number of piperidine rings is 1. The minimum Gasteiger partial charge on any atom is -0.443 e. The van der Waals surface area contributed by atoms with Crippen molar-refractivity contribution in [1.29, 1.82) is 0 Å². The maximum Gasteiger partial charge on any atom is 0.424 e. The van der Waals surface area contributed by atoms with Crippen molar-refractivity contribution in [3.63, 3.8) is 0 Å². The number of amides is 1. The number of aliphatic hydroxyl groups excluding tert-OH is 1. The molecule has 3 rings (SSSR count). The summed E-state index contributed by atoms with van der Waals surface area (Å²) >= 11 is 0. The highest BCUT2D eigenvalue weighted by Crippen LogP contribution is 2.25. The third-order valence-electron chi connectivity index (χ3n) is 5.40. The second kappa shape index (κ2) is 11.8. The number of halogens is 1. The molecule has 2 aromatic rings. The van der Waals surface area contributed by atoms with E-state index in [9.17, 15) is 22.7 Å². The Morgan fingerprint density at radius 1 is 1.22 bits per heavy atom. The summed E-state index contributed by atoms with van der Waals surface area (Å²) in [7, 11) is -3.83. The maximum atomic E-state index is 14.5. The van der Waals surface area contributed by atoms with Gasteiger partial charge in [-0.1, -0.05) is 23.4 Å². The summed E-state index contributed by atoms with van der Waals surface area (Å²) in [6.45, 7) is 5.39. The third kappa shape index (κ3) is 7.83. The van der Waals surface area contributed by atoms with E-state index in [4.69, 9.17) is 9.57 Å². The lowest BCUT2D eigenvalue weighted by atomic mass is 10.1. The van der Waals surface area contributed by atoms with Gasteiger partial charge in [0.1, 0.15) is 18.0 Å². The fourth-order valence-corrected chi connectivity index (χ4v) is 4.28. The number of ether oxygens (including phenoxy) is 1. The van der Waals surface area contributed by atoms with Gasteiger partial charge in [-0.15, -0.1) is 0 Å². The summed E-state index contributed by atoms with van der Waals surface area (Å²) in [6, 6.07) is 4.80. The molecule has 0 radical (unpaired) electrons. The maximum absolute atomic E-state index is 14.5. The molecule has 1 N–H and O–H groups in total. The van der Waals surface area contributed by atoms with Crippen molar-refractivity contribution in [2.75, 3.05) is 37.4 Å². The van der Waals surface area contributed by atoms with E-state index in [0.717, 1.165) is 12.0 Å². The number of hydrogen-bond donors (Lipinski definition) is 1. The van der Waals surface area contributed by atoms with Crippen LogP contribution in [-0.2, 0) is 26.2 Å². The zero-order valence-electron chi connectivity index (χ0n) is 21.3. The topological polar surface area (TPSA) is 135 Å². The van der Waals surface area contributed by atoms with Crippen molar-refractivity contribution in [2.45, 2.75) is 45.8 Å². The zero-order valence-corrected chi connectivity index (χ0v) is 22.2. The first-order valence-electron chi connectivity index (χ1n) is 11.7. The Morgan fingerprint density at radius 3 is 2.43 bits per heavy atom. The molecule has 1 aliphatic heterocycles. The average molecular weight is 538 g/mol. The third-order valence-corrected chi connectivity index (χ3v) is 6.53. The van der Waals surface area contributed by atoms with Crippen LogP contribution in [0.1, 0.15) is 39.2 Å². The van der Waals surface area contributed by atoms with Crippen molar-refractivity contribution < 1.29 is 32.3 Å². The molecule has 0 aliphatic carbocycles. The van der Waals surface area contributed by atoms with Crippen LogP contribution in [0.4, 0.5) is 15.1 Å². The van der Waals surface area contributed by atoms with Gasteiger partial charge >= 0.3 is 6.09 Å². The van der Waals surface area contributed by atoms with Gasteiger partial charge in [-0.25, -0.2) is 31.9 Å². The lowest BCUT2D eigenvalue weighted by Gasteiger charge is -2.27. The number of carbonyl (C=O) groups is 1. The van der Waals surface area contributed by atoms with E-state index in [-0.39, 0.29) is 25.3 Å². The Bertz CT molecular complexity index is 1220. The predicted octanol–water partition coefficient (Wildman–Crippen LogP) is 2.94. The number of aliphatic hydroxyl groups is 1. The second-order valence-corrected chi connectivity index (χ2v) is 11.4. The Morgan fingerprint density at radius 2 is 1.86 bits per heavy atom. The molecule has 0 unspecified atom stereocenters. The van der Waals surface area contributed by atoms with Gasteiger partial charge < -0.3 is 19.6 Å². The second-order valence-electron chi connectivity index (χ2n) is 9.50. The van der Waals surface area contributed by atoms with Crippen molar-refractivity contribution in [1.82, 2.24) is 14.3 Å². The summed E-state index contributed by atoms with van der Waals surface area (Å²) in [5.74, 6) is 0.00882. The van der Waals surface area contributed by atoms with Crippen molar-refractivity contribution in [3.05, 3.63) is 42.0 Å². The van der Waals surface area contributed by atoms with Crippen LogP contribution >= 0.6 is 0 Å². The highest BCUT2D eigenvalue weighted by atomic mass is 32.2. The summed E-state index contributed by atoms with van der Waals surface area (Å²) in [6.07, 6.45) is 4.23. The molecule has 1 saturated heterocycles. The largest absolute Gasteiger partial charge is 0.443 e. The summed E-state index contributed by atoms with van der Waals surface area (Å²) in [4.78, 5) is 28.2. The van der Waals surface area contributed by atoms with E-state index >= 15 is 0 Å². The van der Waals surface area contributed by atoms with Gasteiger partial charge in [0.15, 0.2) is 0 Å². The van der Waals surface area contributed by atoms with Gasteiger partial charge in [0.05, 0.1) is 25.1 Å². The number of rotatable bonds is 8. The predicted molar refractivity (Wildman–Crippen MR) is 136 cm³/mol. The molecule has 37 heavy (non-hydrogen) atoms. The van der Waals surface area contributed by atoms with Gasteiger partial charge in [-0.3, -0.25) is 0 Å². The molecule has 2 heterocycles. The molecule has 13 heteroatoms. The molecule has 1 aromatic carbocycles. The molecule has 0 saturated carbocycles. The smallest absolute Gasteiger partial charge is 0.424 e. The van der Waals surface area contributed by atoms with Crippen LogP contribution in [0.25, 0.3) is 11.1 Å². The normalized spacial score (nSPS) is 14.3. The molecule has 1 aliphatic rings. The summed E-state index contributed by atoms with van der Waals surface area (Å²) in [5, 5.41) is 13.4. The molecule has 1 fully saturated rings. The van der Waals surface area contributed by atoms with Gasteiger partial charge in [0.25, 0.3) is 0 Å². The van der Waals surface area contributed by atoms with Gasteiger partial charge in [-0.05, 0) is 20.8 Å². The molecule has 0 atom stereocenters. The van der Waals surface area contributed by atoms with Crippen LogP contribution in [-0.4, -0.2) is 77.7 Å². The van der Waals surface area contributed by atoms with E-state index in [0.29, 0.717) is 47.3 Å². The van der Waals surface area contributed by atoms with Crippen molar-refractivity contribution >= 4 is 27.8 Å². The quantitative estimate of drug-likeness (QED) is 0.398. The first kappa shape index (κ1) is 28.3. The molecule has 1 aromatic heterocycles. The van der Waals surface area contributed by atoms with E-state index in [1.807, 2.05) is 4.90 Å². The number of benzene rings is 1. The number of carbonyl (C=O) groups excluding carboxylic acids is 1. The average Bonchev–Trinajstić information content (AvgIpc) is 2.82. The van der Waals surface area contributed by atoms with Crippen molar-refractivity contribution in [2.24, 2.45) is 5.16 Å². The molecule has 0 spiro atoms. The summed E-state index contributed by atoms with van der Waals surface area (Å²) < 4.78 is 44.2. The van der Waals surface area contributed by atoms with Gasteiger partial charge in [-0.2, -0.15) is 0 Å². The van der Waals surface area contributed by atoms with Crippen LogP contribution in [0, 0.1) is 5.82 Å². The van der Waals surface area contributed by atoms with Crippen LogP contribution in [0.2, 0.25) is 0 Å². The number of oxime groups is 1. The highest BCUT2D eigenvalue weighted by molar-refractivity contribution is 7.88. The minimum atomic E-state index is -3.83. The lowest BCUT2D eigenvalue weighted by molar-refractivity contribution is 0.0343. The van der Waals surface area contributed by atoms with Crippen LogP contribution in [0.15, 0.2) is 35.7 Å².